The Morgan fingerprint density at radius 1 is 1.08 bits per heavy atom. The fourth-order valence-electron chi connectivity index (χ4n) is 4.65. The number of amides is 1. The van der Waals surface area contributed by atoms with Crippen LogP contribution in [0.25, 0.3) is 11.0 Å². The maximum absolute atomic E-state index is 14.6. The molecule has 5 rings (SSSR count). The zero-order valence-corrected chi connectivity index (χ0v) is 19.8. The summed E-state index contributed by atoms with van der Waals surface area (Å²) in [7, 11) is 0. The molecule has 1 aromatic carbocycles. The molecule has 2 fully saturated rings. The fraction of sp³-hybridized carbons (Fsp3) is 0.417. The number of fused-ring (bicyclic) bond motifs is 3. The van der Waals surface area contributed by atoms with Gasteiger partial charge < -0.3 is 19.9 Å². The Balaban J connectivity index is 1.40. The minimum Gasteiger partial charge on any atom is -0.444 e. The molecule has 1 amide bonds. The second-order valence-corrected chi connectivity index (χ2v) is 9.88. The van der Waals surface area contributed by atoms with E-state index in [-0.39, 0.29) is 29.7 Å². The van der Waals surface area contributed by atoms with Gasteiger partial charge in [0.05, 0.1) is 28.9 Å². The predicted molar refractivity (Wildman–Crippen MR) is 124 cm³/mol. The summed E-state index contributed by atoms with van der Waals surface area (Å²) in [5.74, 6) is -0.729. The molecule has 2 aliphatic heterocycles. The Morgan fingerprint density at radius 2 is 1.86 bits per heavy atom. The highest BCUT2D eigenvalue weighted by Gasteiger charge is 2.47. The van der Waals surface area contributed by atoms with Crippen LogP contribution < -0.4 is 10.2 Å². The number of hydrogen-bond acceptors (Lipinski definition) is 7. The van der Waals surface area contributed by atoms with Gasteiger partial charge >= 0.3 is 12.3 Å². The lowest BCUT2D eigenvalue weighted by atomic mass is 10.1. The van der Waals surface area contributed by atoms with Crippen LogP contribution in [0, 0.1) is 5.82 Å². The minimum absolute atomic E-state index is 0.0221. The first kappa shape index (κ1) is 24.0. The van der Waals surface area contributed by atoms with E-state index in [9.17, 15) is 22.4 Å². The van der Waals surface area contributed by atoms with E-state index in [2.05, 4.69) is 25.2 Å². The standard InChI is InChI=1S/C24H24F4N6O2/c1-23(2,3)36-22(35)34-11-13-9-14(34)10-33(13)18-8-7-17-20(32-18)21(30-12-29-17)31-16-6-4-5-15(19(16)25)24(26,27)28/h4-8,12-14H,9-11H2,1-3H3,(H,29,30,31)/t13-,14-/m0/s1. The lowest BCUT2D eigenvalue weighted by Gasteiger charge is -2.35. The topological polar surface area (TPSA) is 83.5 Å². The Bertz CT molecular complexity index is 1330. The van der Waals surface area contributed by atoms with Crippen LogP contribution in [0.4, 0.5) is 39.7 Å². The van der Waals surface area contributed by atoms with E-state index < -0.39 is 23.2 Å². The van der Waals surface area contributed by atoms with Gasteiger partial charge in [0.1, 0.15) is 23.3 Å². The number of piperazine rings is 1. The monoisotopic (exact) mass is 504 g/mol. The Kier molecular flexibility index (Phi) is 5.64. The summed E-state index contributed by atoms with van der Waals surface area (Å²) < 4.78 is 59.5. The fourth-order valence-corrected chi connectivity index (χ4v) is 4.65. The van der Waals surface area contributed by atoms with Crippen molar-refractivity contribution in [2.45, 2.75) is 51.1 Å². The van der Waals surface area contributed by atoms with Crippen molar-refractivity contribution in [3.05, 3.63) is 48.0 Å². The Hall–Kier alpha value is -3.70. The number of nitrogens with zero attached hydrogens (tertiary/aromatic N) is 5. The predicted octanol–water partition coefficient (Wildman–Crippen LogP) is 5.12. The number of hydrogen-bond donors (Lipinski definition) is 1. The third-order valence-corrected chi connectivity index (χ3v) is 6.19. The molecule has 2 aliphatic rings. The highest BCUT2D eigenvalue weighted by Crippen LogP contribution is 2.37. The maximum Gasteiger partial charge on any atom is 0.419 e. The molecular formula is C24H24F4N6O2. The molecule has 12 heteroatoms. The summed E-state index contributed by atoms with van der Waals surface area (Å²) in [6.07, 6.45) is -3.17. The zero-order chi connectivity index (χ0) is 25.8. The van der Waals surface area contributed by atoms with E-state index in [0.717, 1.165) is 12.5 Å². The molecular weight excluding hydrogens is 480 g/mol. The van der Waals surface area contributed by atoms with Crippen LogP contribution in [0.3, 0.4) is 0 Å². The lowest BCUT2D eigenvalue weighted by molar-refractivity contribution is -0.139. The van der Waals surface area contributed by atoms with E-state index >= 15 is 0 Å². The number of rotatable bonds is 3. The van der Waals surface area contributed by atoms with Crippen molar-refractivity contribution in [1.29, 1.82) is 0 Å². The van der Waals surface area contributed by atoms with Crippen LogP contribution in [0.15, 0.2) is 36.7 Å². The van der Waals surface area contributed by atoms with Crippen molar-refractivity contribution >= 4 is 34.4 Å². The van der Waals surface area contributed by atoms with Crippen LogP contribution >= 0.6 is 0 Å². The molecule has 2 aromatic heterocycles. The number of likely N-dealkylation sites (tertiary alicyclic amines) is 1. The van der Waals surface area contributed by atoms with Gasteiger partial charge in [0.15, 0.2) is 11.6 Å². The van der Waals surface area contributed by atoms with Crippen LogP contribution in [0.1, 0.15) is 32.8 Å². The summed E-state index contributed by atoms with van der Waals surface area (Å²) >= 11 is 0. The minimum atomic E-state index is -4.83. The number of carbonyl (C=O) groups excluding carboxylic acids is 1. The third-order valence-electron chi connectivity index (χ3n) is 6.19. The number of benzene rings is 1. The van der Waals surface area contributed by atoms with E-state index in [1.807, 2.05) is 20.8 Å². The van der Waals surface area contributed by atoms with Crippen LogP contribution in [-0.2, 0) is 10.9 Å². The first-order valence-electron chi connectivity index (χ1n) is 11.4. The molecule has 0 aliphatic carbocycles. The van der Waals surface area contributed by atoms with Gasteiger partial charge in [-0.1, -0.05) is 6.07 Å². The molecule has 36 heavy (non-hydrogen) atoms. The quantitative estimate of drug-likeness (QED) is 0.496. The summed E-state index contributed by atoms with van der Waals surface area (Å²) in [6, 6.07) is 6.53. The molecule has 2 atom stereocenters. The van der Waals surface area contributed by atoms with Crippen LogP contribution in [-0.4, -0.2) is 56.7 Å². The average Bonchev–Trinajstić information content (AvgIpc) is 3.40. The Labute approximate surface area is 204 Å². The second-order valence-electron chi connectivity index (χ2n) is 9.88. The van der Waals surface area contributed by atoms with Crippen LogP contribution in [0.5, 0.6) is 0 Å². The number of alkyl halides is 3. The average molecular weight is 504 g/mol. The first-order valence-corrected chi connectivity index (χ1v) is 11.4. The van der Waals surface area contributed by atoms with Crippen molar-refractivity contribution < 1.29 is 27.1 Å². The molecule has 0 saturated carbocycles. The molecule has 0 spiro atoms. The van der Waals surface area contributed by atoms with Crippen molar-refractivity contribution in [3.63, 3.8) is 0 Å². The first-order chi connectivity index (χ1) is 16.9. The summed E-state index contributed by atoms with van der Waals surface area (Å²) in [6.45, 7) is 6.52. The van der Waals surface area contributed by atoms with Crippen molar-refractivity contribution in [3.8, 4) is 0 Å². The molecule has 2 bridgehead atoms. The molecule has 4 heterocycles. The highest BCUT2D eigenvalue weighted by atomic mass is 19.4. The molecule has 1 N–H and O–H groups in total. The van der Waals surface area contributed by atoms with E-state index in [0.29, 0.717) is 36.0 Å². The second kappa shape index (κ2) is 8.45. The number of anilines is 3. The number of halogens is 4. The lowest BCUT2D eigenvalue weighted by Crippen LogP contribution is -2.50. The van der Waals surface area contributed by atoms with Gasteiger partial charge in [-0.25, -0.2) is 24.1 Å². The number of pyridine rings is 1. The summed E-state index contributed by atoms with van der Waals surface area (Å²) in [4.78, 5) is 29.3. The van der Waals surface area contributed by atoms with E-state index in [4.69, 9.17) is 4.74 Å². The van der Waals surface area contributed by atoms with E-state index in [1.165, 1.54) is 12.4 Å². The summed E-state index contributed by atoms with van der Waals surface area (Å²) in [5, 5.41) is 2.65. The normalized spacial score (nSPS) is 19.8. The number of carbonyl (C=O) groups is 1. The largest absolute Gasteiger partial charge is 0.444 e. The SMILES string of the molecule is CC(C)(C)OC(=O)N1C[C@@H]2C[C@H]1CN2c1ccc2ncnc(Nc3cccc(C(F)(F)F)c3F)c2n1. The van der Waals surface area contributed by atoms with Crippen molar-refractivity contribution in [2.75, 3.05) is 23.3 Å². The van der Waals surface area contributed by atoms with Gasteiger partial charge in [0.2, 0.25) is 0 Å². The molecule has 0 unspecified atom stereocenters. The van der Waals surface area contributed by atoms with E-state index in [1.54, 1.807) is 17.0 Å². The maximum atomic E-state index is 14.6. The van der Waals surface area contributed by atoms with Gasteiger partial charge in [0.25, 0.3) is 0 Å². The highest BCUT2D eigenvalue weighted by molar-refractivity contribution is 5.88. The van der Waals surface area contributed by atoms with Gasteiger partial charge in [-0.05, 0) is 51.5 Å². The molecule has 8 nitrogen and oxygen atoms in total. The van der Waals surface area contributed by atoms with Gasteiger partial charge in [-0.15, -0.1) is 0 Å². The molecule has 190 valence electrons. The Morgan fingerprint density at radius 3 is 2.53 bits per heavy atom. The van der Waals surface area contributed by atoms with Gasteiger partial charge in [-0.2, -0.15) is 13.2 Å². The third kappa shape index (κ3) is 4.47. The smallest absolute Gasteiger partial charge is 0.419 e. The van der Waals surface area contributed by atoms with Crippen molar-refractivity contribution in [1.82, 2.24) is 19.9 Å². The molecule has 3 aromatic rings. The summed E-state index contributed by atoms with van der Waals surface area (Å²) in [5.41, 5.74) is -1.59. The zero-order valence-electron chi connectivity index (χ0n) is 19.8. The van der Waals surface area contributed by atoms with Gasteiger partial charge in [-0.3, -0.25) is 0 Å². The van der Waals surface area contributed by atoms with Gasteiger partial charge in [0, 0.05) is 13.1 Å². The molecule has 0 radical (unpaired) electrons. The molecule has 2 saturated heterocycles. The van der Waals surface area contributed by atoms with Crippen LogP contribution in [0.2, 0.25) is 0 Å². The van der Waals surface area contributed by atoms with Crippen molar-refractivity contribution in [2.24, 2.45) is 0 Å². The number of nitrogens with one attached hydrogen (secondary N) is 1. The number of aromatic nitrogens is 3. The number of ether oxygens (including phenoxy) is 1.